The standard InChI is InChI=1S/C21H22N8O2/c1-31-17-5-3-16(4-6-17)29-21-18(25-26-29)12-22-19(24-21)11-15-7-10-27(13-15)20(30)14-28-9-2-8-23-28/h2-6,8-9,12,15H,7,10-11,13-14H2,1H3/t15-/m0/s1. The van der Waals surface area contributed by atoms with E-state index in [1.54, 1.807) is 35.1 Å². The van der Waals surface area contributed by atoms with Crippen LogP contribution in [0.5, 0.6) is 5.75 Å². The summed E-state index contributed by atoms with van der Waals surface area (Å²) in [5, 5.41) is 12.5. The highest BCUT2D eigenvalue weighted by molar-refractivity contribution is 5.76. The summed E-state index contributed by atoms with van der Waals surface area (Å²) in [6, 6.07) is 9.39. The Morgan fingerprint density at radius 2 is 2.13 bits per heavy atom. The number of methoxy groups -OCH3 is 1. The van der Waals surface area contributed by atoms with Crippen LogP contribution < -0.4 is 4.74 Å². The summed E-state index contributed by atoms with van der Waals surface area (Å²) in [7, 11) is 1.63. The number of hydrogen-bond donors (Lipinski definition) is 0. The van der Waals surface area contributed by atoms with Gasteiger partial charge in [-0.05, 0) is 42.7 Å². The summed E-state index contributed by atoms with van der Waals surface area (Å²) in [5.41, 5.74) is 2.16. The molecule has 0 spiro atoms. The normalized spacial score (nSPS) is 16.2. The van der Waals surface area contributed by atoms with Crippen LogP contribution in [0.3, 0.4) is 0 Å². The first-order valence-corrected chi connectivity index (χ1v) is 10.2. The molecule has 1 amide bonds. The van der Waals surface area contributed by atoms with Crippen molar-refractivity contribution in [2.45, 2.75) is 19.4 Å². The molecule has 1 fully saturated rings. The Bertz CT molecular complexity index is 1190. The van der Waals surface area contributed by atoms with Crippen LogP contribution in [-0.4, -0.2) is 65.7 Å². The van der Waals surface area contributed by atoms with E-state index < -0.39 is 0 Å². The highest BCUT2D eigenvalue weighted by atomic mass is 16.5. The molecule has 3 aromatic heterocycles. The van der Waals surface area contributed by atoms with Crippen LogP contribution >= 0.6 is 0 Å². The molecule has 4 aromatic rings. The Morgan fingerprint density at radius 3 is 2.90 bits per heavy atom. The first kappa shape index (κ1) is 19.2. The van der Waals surface area contributed by atoms with Crippen LogP contribution in [-0.2, 0) is 17.8 Å². The summed E-state index contributed by atoms with van der Waals surface area (Å²) in [6.45, 7) is 1.73. The van der Waals surface area contributed by atoms with Crippen molar-refractivity contribution in [2.24, 2.45) is 5.92 Å². The number of likely N-dealkylation sites (tertiary alicyclic amines) is 1. The first-order valence-electron chi connectivity index (χ1n) is 10.2. The van der Waals surface area contributed by atoms with Crippen LogP contribution in [0.4, 0.5) is 0 Å². The van der Waals surface area contributed by atoms with E-state index in [4.69, 9.17) is 9.72 Å². The molecule has 158 valence electrons. The molecule has 10 heteroatoms. The molecule has 0 radical (unpaired) electrons. The lowest BCUT2D eigenvalue weighted by molar-refractivity contribution is -0.131. The Hall–Kier alpha value is -3.82. The average molecular weight is 418 g/mol. The molecule has 0 unspecified atom stereocenters. The van der Waals surface area contributed by atoms with Crippen molar-refractivity contribution in [1.82, 2.24) is 39.6 Å². The fraction of sp³-hybridized carbons (Fsp3) is 0.333. The third-order valence-corrected chi connectivity index (χ3v) is 5.53. The molecule has 1 aliphatic heterocycles. The zero-order valence-electron chi connectivity index (χ0n) is 17.1. The number of carbonyl (C=O) groups excluding carboxylic acids is 1. The summed E-state index contributed by atoms with van der Waals surface area (Å²) in [6.07, 6.45) is 6.82. The van der Waals surface area contributed by atoms with Gasteiger partial charge in [0.05, 0.1) is 19.0 Å². The minimum atomic E-state index is 0.0874. The van der Waals surface area contributed by atoms with Gasteiger partial charge in [0.15, 0.2) is 11.2 Å². The van der Waals surface area contributed by atoms with E-state index in [-0.39, 0.29) is 12.5 Å². The third kappa shape index (κ3) is 3.96. The third-order valence-electron chi connectivity index (χ3n) is 5.53. The maximum absolute atomic E-state index is 12.5. The second-order valence-electron chi connectivity index (χ2n) is 7.60. The minimum Gasteiger partial charge on any atom is -0.497 e. The molecular weight excluding hydrogens is 396 g/mol. The molecule has 4 heterocycles. The molecule has 1 saturated heterocycles. The van der Waals surface area contributed by atoms with Gasteiger partial charge in [-0.2, -0.15) is 9.78 Å². The van der Waals surface area contributed by atoms with Gasteiger partial charge in [0.25, 0.3) is 0 Å². The van der Waals surface area contributed by atoms with Gasteiger partial charge in [0.2, 0.25) is 5.91 Å². The number of aromatic nitrogens is 7. The van der Waals surface area contributed by atoms with E-state index in [1.807, 2.05) is 35.2 Å². The Morgan fingerprint density at radius 1 is 1.26 bits per heavy atom. The van der Waals surface area contributed by atoms with Crippen LogP contribution in [0, 0.1) is 5.92 Å². The topological polar surface area (TPSA) is 104 Å². The number of fused-ring (bicyclic) bond motifs is 1. The van der Waals surface area contributed by atoms with Crippen molar-refractivity contribution in [2.75, 3.05) is 20.2 Å². The van der Waals surface area contributed by atoms with Crippen LogP contribution in [0.15, 0.2) is 48.9 Å². The highest BCUT2D eigenvalue weighted by Crippen LogP contribution is 2.22. The number of carbonyl (C=O) groups is 1. The quantitative estimate of drug-likeness (QED) is 0.467. The molecule has 5 rings (SSSR count). The van der Waals surface area contributed by atoms with Gasteiger partial charge in [-0.25, -0.2) is 9.97 Å². The Labute approximate surface area is 178 Å². The van der Waals surface area contributed by atoms with Gasteiger partial charge in [0.1, 0.15) is 18.1 Å². The number of hydrogen-bond acceptors (Lipinski definition) is 7. The zero-order chi connectivity index (χ0) is 21.2. The molecule has 1 aromatic carbocycles. The maximum Gasteiger partial charge on any atom is 0.244 e. The lowest BCUT2D eigenvalue weighted by Gasteiger charge is -2.16. The molecule has 0 saturated carbocycles. The number of nitrogens with zero attached hydrogens (tertiary/aromatic N) is 8. The van der Waals surface area contributed by atoms with Crippen LogP contribution in [0.1, 0.15) is 12.2 Å². The van der Waals surface area contributed by atoms with E-state index in [9.17, 15) is 4.79 Å². The molecule has 0 aliphatic carbocycles. The van der Waals surface area contributed by atoms with E-state index >= 15 is 0 Å². The lowest BCUT2D eigenvalue weighted by atomic mass is 10.0. The van der Waals surface area contributed by atoms with E-state index in [1.165, 1.54) is 0 Å². The van der Waals surface area contributed by atoms with Gasteiger partial charge in [-0.3, -0.25) is 9.48 Å². The van der Waals surface area contributed by atoms with Crippen LogP contribution in [0.2, 0.25) is 0 Å². The van der Waals surface area contributed by atoms with Gasteiger partial charge in [-0.15, -0.1) is 5.10 Å². The SMILES string of the molecule is COc1ccc(-n2nnc3cnc(C[C@@H]4CCN(C(=O)Cn5cccn5)C4)nc32)cc1. The van der Waals surface area contributed by atoms with Gasteiger partial charge >= 0.3 is 0 Å². The summed E-state index contributed by atoms with van der Waals surface area (Å²) < 4.78 is 8.57. The van der Waals surface area contributed by atoms with Crippen molar-refractivity contribution in [3.63, 3.8) is 0 Å². The monoisotopic (exact) mass is 418 g/mol. The minimum absolute atomic E-state index is 0.0874. The summed E-state index contributed by atoms with van der Waals surface area (Å²) in [5.74, 6) is 1.92. The van der Waals surface area contributed by atoms with E-state index in [0.717, 1.165) is 30.2 Å². The molecule has 31 heavy (non-hydrogen) atoms. The average Bonchev–Trinajstić information content (AvgIpc) is 3.55. The second kappa shape index (κ2) is 8.13. The van der Waals surface area contributed by atoms with Gasteiger partial charge < -0.3 is 9.64 Å². The predicted octanol–water partition coefficient (Wildman–Crippen LogP) is 1.51. The zero-order valence-corrected chi connectivity index (χ0v) is 17.1. The Kier molecular flexibility index (Phi) is 5.03. The predicted molar refractivity (Wildman–Crippen MR) is 112 cm³/mol. The summed E-state index contributed by atoms with van der Waals surface area (Å²) >= 11 is 0. The van der Waals surface area contributed by atoms with Crippen molar-refractivity contribution in [1.29, 1.82) is 0 Å². The van der Waals surface area contributed by atoms with E-state index in [2.05, 4.69) is 20.4 Å². The van der Waals surface area contributed by atoms with Crippen molar-refractivity contribution in [3.05, 3.63) is 54.7 Å². The molecule has 10 nitrogen and oxygen atoms in total. The van der Waals surface area contributed by atoms with Gasteiger partial charge in [-0.1, -0.05) is 5.21 Å². The number of benzene rings is 1. The molecule has 1 atom stereocenters. The number of ether oxygens (including phenoxy) is 1. The molecule has 0 bridgehead atoms. The fourth-order valence-electron chi connectivity index (χ4n) is 3.88. The molecular formula is C21H22N8O2. The van der Waals surface area contributed by atoms with Crippen molar-refractivity contribution < 1.29 is 9.53 Å². The maximum atomic E-state index is 12.5. The van der Waals surface area contributed by atoms with E-state index in [0.29, 0.717) is 30.0 Å². The lowest BCUT2D eigenvalue weighted by Crippen LogP contribution is -2.32. The number of rotatable bonds is 6. The molecule has 1 aliphatic rings. The first-order chi connectivity index (χ1) is 15.2. The largest absolute Gasteiger partial charge is 0.497 e. The smallest absolute Gasteiger partial charge is 0.244 e. The second-order valence-corrected chi connectivity index (χ2v) is 7.60. The van der Waals surface area contributed by atoms with Crippen molar-refractivity contribution in [3.8, 4) is 11.4 Å². The van der Waals surface area contributed by atoms with Gasteiger partial charge in [0, 0.05) is 31.9 Å². The fourth-order valence-corrected chi connectivity index (χ4v) is 3.88. The van der Waals surface area contributed by atoms with Crippen LogP contribution in [0.25, 0.3) is 16.9 Å². The van der Waals surface area contributed by atoms with Crippen molar-refractivity contribution >= 4 is 17.1 Å². The molecule has 0 N–H and O–H groups in total. The summed E-state index contributed by atoms with van der Waals surface area (Å²) in [4.78, 5) is 23.6. The highest BCUT2D eigenvalue weighted by Gasteiger charge is 2.27. The number of amides is 1. The Balaban J connectivity index is 1.29.